The van der Waals surface area contributed by atoms with Crippen LogP contribution in [0.1, 0.15) is 0 Å². The summed E-state index contributed by atoms with van der Waals surface area (Å²) < 4.78 is 0. The van der Waals surface area contributed by atoms with Crippen molar-refractivity contribution in [3.05, 3.63) is 0 Å². The van der Waals surface area contributed by atoms with Crippen LogP contribution in [-0.4, -0.2) is 140 Å². The maximum absolute atomic E-state index is 9.85. The second-order valence-electron chi connectivity index (χ2n) is 4.01. The van der Waals surface area contributed by atoms with Crippen molar-refractivity contribution in [2.45, 2.75) is 36.6 Å². The monoisotopic (exact) mass is 370 g/mol. The van der Waals surface area contributed by atoms with E-state index in [0.29, 0.717) is 0 Å². The summed E-state index contributed by atoms with van der Waals surface area (Å²) in [6.45, 7) is -1.66. The summed E-state index contributed by atoms with van der Waals surface area (Å²) >= 11 is 0. The molecule has 0 spiro atoms. The minimum absolute atomic E-state index is 0. The van der Waals surface area contributed by atoms with Crippen LogP contribution in [0.3, 0.4) is 0 Å². The van der Waals surface area contributed by atoms with Gasteiger partial charge in [0.15, 0.2) is 0 Å². The molecule has 132 valence electrons. The fourth-order valence-corrected chi connectivity index (χ4v) is 0.916. The Hall–Kier alpha value is -0.120. The molecule has 12 nitrogen and oxygen atoms in total. The number of hydrogen-bond acceptors (Lipinski definition) is 12. The molecule has 0 saturated heterocycles. The minimum atomic E-state index is -2.18. The van der Waals surface area contributed by atoms with Crippen LogP contribution in [0.5, 0.6) is 0 Å². The zero-order valence-electron chi connectivity index (χ0n) is 11.8. The molecule has 13 heteroatoms. The van der Waals surface area contributed by atoms with E-state index >= 15 is 0 Å². The van der Waals surface area contributed by atoms with Gasteiger partial charge in [-0.2, -0.15) is 0 Å². The summed E-state index contributed by atoms with van der Waals surface area (Å²) in [6.07, 6.45) is -11.6. The van der Waals surface area contributed by atoms with Crippen LogP contribution in [0.2, 0.25) is 0 Å². The molecule has 0 saturated carbocycles. The molecule has 0 aliphatic carbocycles. The summed E-state index contributed by atoms with van der Waals surface area (Å²) in [5, 5.41) is 87.7. The molecule has 0 heterocycles. The first kappa shape index (κ1) is 27.7. The van der Waals surface area contributed by atoms with Gasteiger partial charge in [-0.15, -0.1) is 0 Å². The van der Waals surface area contributed by atoms with E-state index in [9.17, 15) is 19.8 Å². The molecule has 0 unspecified atom stereocenters. The quantitative estimate of drug-likeness (QED) is 0.186. The summed E-state index contributed by atoms with van der Waals surface area (Å²) in [4.78, 5) is 19.7. The van der Waals surface area contributed by atoms with Crippen molar-refractivity contribution in [1.82, 2.24) is 0 Å². The number of rotatable bonds is 8. The van der Waals surface area contributed by atoms with Crippen LogP contribution in [0.15, 0.2) is 0 Å². The average Bonchev–Trinajstić information content (AvgIpc) is 2.50. The Morgan fingerprint density at radius 2 is 0.913 bits per heavy atom. The van der Waals surface area contributed by atoms with Crippen molar-refractivity contribution in [2.24, 2.45) is 0 Å². The summed E-state index contributed by atoms with van der Waals surface area (Å²) in [6, 6.07) is 0. The average molecular weight is 370 g/mol. The van der Waals surface area contributed by atoms with E-state index < -0.39 is 61.8 Å². The van der Waals surface area contributed by atoms with Gasteiger partial charge in [0.25, 0.3) is 0 Å². The molecule has 0 radical (unpaired) electrons. The van der Waals surface area contributed by atoms with Crippen molar-refractivity contribution in [1.29, 1.82) is 0 Å². The first-order chi connectivity index (χ1) is 10.0. The number of hydrogen-bond donors (Lipinski definition) is 8. The molecule has 8 N–H and O–H groups in total. The number of aliphatic hydroxyl groups excluding tert-OH is 8. The number of carbonyl (C=O) groups excluding carboxylic acids is 2. The van der Waals surface area contributed by atoms with Gasteiger partial charge in [0, 0.05) is 0 Å². The molecule has 0 aliphatic rings. The van der Waals surface area contributed by atoms with E-state index in [2.05, 4.69) is 0 Å². The van der Waals surface area contributed by atoms with Gasteiger partial charge in [-0.25, -0.2) is 0 Å². The van der Waals surface area contributed by atoms with Crippen LogP contribution in [-0.2, 0) is 9.59 Å². The van der Waals surface area contributed by atoms with E-state index in [1.165, 1.54) is 0 Å². The van der Waals surface area contributed by atoms with Crippen molar-refractivity contribution in [3.8, 4) is 0 Å². The Bertz CT molecular complexity index is 308. The maximum atomic E-state index is 9.85. The van der Waals surface area contributed by atoms with Gasteiger partial charge in [-0.1, -0.05) is 0 Å². The molecular weight excluding hydrogens is 352 g/mol. The van der Waals surface area contributed by atoms with E-state index in [1.54, 1.807) is 0 Å². The third kappa shape index (κ3) is 11.1. The normalized spacial score (nSPS) is 18.1. The molecule has 0 fully saturated rings. The number of carboxylic acid groups (broad SMARTS) is 2. The second kappa shape index (κ2) is 14.2. The fraction of sp³-hybridized carbons (Fsp3) is 0.800. The summed E-state index contributed by atoms with van der Waals surface area (Å²) in [7, 11) is 0. The molecule has 0 aromatic rings. The Kier molecular flexibility index (Phi) is 17.2. The summed E-state index contributed by atoms with van der Waals surface area (Å²) in [5.74, 6) is -3.80. The molecule has 6 atom stereocenters. The van der Waals surface area contributed by atoms with Crippen LogP contribution in [0.25, 0.3) is 0 Å². The minimum Gasteiger partial charge on any atom is -0.547 e. The molecule has 0 aromatic carbocycles. The fourth-order valence-electron chi connectivity index (χ4n) is 0.916. The molecule has 0 aliphatic heterocycles. The van der Waals surface area contributed by atoms with E-state index in [4.69, 9.17) is 40.9 Å². The van der Waals surface area contributed by atoms with Crippen molar-refractivity contribution >= 4 is 49.7 Å². The van der Waals surface area contributed by atoms with Crippen LogP contribution >= 0.6 is 0 Å². The zero-order chi connectivity index (χ0) is 18.0. The third-order valence-electron chi connectivity index (χ3n) is 2.29. The number of aliphatic carboxylic acids is 2. The van der Waals surface area contributed by atoms with Crippen LogP contribution in [0, 0.1) is 0 Å². The molecule has 0 rings (SSSR count). The molecule has 0 amide bonds. The Morgan fingerprint density at radius 1 is 0.696 bits per heavy atom. The largest absolute Gasteiger partial charge is 2.00 e. The maximum Gasteiger partial charge on any atom is 2.00 e. The van der Waals surface area contributed by atoms with Gasteiger partial charge in [0.1, 0.15) is 36.6 Å². The standard InChI is InChI=1S/2C5H10O6.Ca/c2*6-1-2(7)3(8)4(9)5(10)11;/h2*2-4,6-9H,1H2,(H,10,11);/q;;+2/p-2/t2*2-,3+,4+;/m11./s1. The zero-order valence-corrected chi connectivity index (χ0v) is 14.0. The number of aliphatic hydroxyl groups is 8. The van der Waals surface area contributed by atoms with Gasteiger partial charge in [-0.3, -0.25) is 0 Å². The van der Waals surface area contributed by atoms with Gasteiger partial charge in [0.05, 0.1) is 25.2 Å². The Balaban J connectivity index is -0.000000333. The molecule has 0 aromatic heterocycles. The number of carbonyl (C=O) groups is 2. The SMILES string of the molecule is O=C([O-])[C@@H](O)[C@@H](O)[C@H](O)CO.O=C([O-])[C@@H](O)[C@@H](O)[C@H](O)CO.[Ca+2]. The molecule has 0 bridgehead atoms. The second-order valence-corrected chi connectivity index (χ2v) is 4.01. The van der Waals surface area contributed by atoms with Gasteiger partial charge >= 0.3 is 37.7 Å². The third-order valence-corrected chi connectivity index (χ3v) is 2.29. The van der Waals surface area contributed by atoms with Crippen LogP contribution < -0.4 is 10.2 Å². The van der Waals surface area contributed by atoms with Gasteiger partial charge in [-0.05, 0) is 0 Å². The van der Waals surface area contributed by atoms with Gasteiger partial charge in [0.2, 0.25) is 0 Å². The van der Waals surface area contributed by atoms with Crippen molar-refractivity contribution < 1.29 is 60.7 Å². The van der Waals surface area contributed by atoms with E-state index in [0.717, 1.165) is 0 Å². The van der Waals surface area contributed by atoms with E-state index in [-0.39, 0.29) is 37.7 Å². The Morgan fingerprint density at radius 3 is 1.04 bits per heavy atom. The molecular formula is C10H18CaO12. The van der Waals surface area contributed by atoms with E-state index in [1.807, 2.05) is 0 Å². The first-order valence-electron chi connectivity index (χ1n) is 5.73. The number of carboxylic acids is 2. The predicted molar refractivity (Wildman–Crippen MR) is 66.0 cm³/mol. The van der Waals surface area contributed by atoms with Gasteiger partial charge < -0.3 is 60.7 Å². The Labute approximate surface area is 159 Å². The predicted octanol–water partition coefficient (Wildman–Crippen LogP) is -8.76. The van der Waals surface area contributed by atoms with Crippen LogP contribution in [0.4, 0.5) is 0 Å². The van der Waals surface area contributed by atoms with Crippen molar-refractivity contribution in [3.63, 3.8) is 0 Å². The summed E-state index contributed by atoms with van der Waals surface area (Å²) in [5.41, 5.74) is 0. The first-order valence-corrected chi connectivity index (χ1v) is 5.73. The molecule has 23 heavy (non-hydrogen) atoms. The topological polar surface area (TPSA) is 242 Å². The smallest absolute Gasteiger partial charge is 0.547 e. The van der Waals surface area contributed by atoms with Crippen molar-refractivity contribution in [2.75, 3.05) is 13.2 Å².